The molecule has 2 N–H and O–H groups in total. The van der Waals surface area contributed by atoms with Crippen molar-refractivity contribution in [2.45, 2.75) is 32.4 Å². The Morgan fingerprint density at radius 3 is 2.89 bits per heavy atom. The first-order chi connectivity index (χ1) is 9.26. The fourth-order valence-corrected chi connectivity index (χ4v) is 2.17. The molecule has 2 aromatic heterocycles. The van der Waals surface area contributed by atoms with Crippen molar-refractivity contribution in [3.8, 4) is 5.75 Å². The molecule has 2 heterocycles. The molecular formula is C14H20N4O. The van der Waals surface area contributed by atoms with E-state index in [1.807, 2.05) is 23.9 Å². The quantitative estimate of drug-likeness (QED) is 0.862. The van der Waals surface area contributed by atoms with Gasteiger partial charge in [0, 0.05) is 18.9 Å². The van der Waals surface area contributed by atoms with E-state index in [1.54, 1.807) is 19.5 Å². The van der Waals surface area contributed by atoms with Crippen LogP contribution in [-0.2, 0) is 13.0 Å². The van der Waals surface area contributed by atoms with Gasteiger partial charge < -0.3 is 10.5 Å². The summed E-state index contributed by atoms with van der Waals surface area (Å²) in [7, 11) is 1.65. The van der Waals surface area contributed by atoms with Crippen LogP contribution >= 0.6 is 0 Å². The van der Waals surface area contributed by atoms with Crippen LogP contribution in [0, 0.1) is 0 Å². The average Bonchev–Trinajstić information content (AvgIpc) is 2.89. The Hall–Kier alpha value is -1.88. The molecule has 0 saturated carbocycles. The van der Waals surface area contributed by atoms with Crippen LogP contribution in [-0.4, -0.2) is 21.9 Å². The zero-order chi connectivity index (χ0) is 13.7. The zero-order valence-electron chi connectivity index (χ0n) is 11.4. The third kappa shape index (κ3) is 3.12. The normalized spacial score (nSPS) is 12.4. The number of ether oxygens (including phenoxy) is 1. The Morgan fingerprint density at radius 2 is 2.26 bits per heavy atom. The summed E-state index contributed by atoms with van der Waals surface area (Å²) >= 11 is 0. The minimum absolute atomic E-state index is 0.0855. The highest BCUT2D eigenvalue weighted by Crippen LogP contribution is 2.26. The highest BCUT2D eigenvalue weighted by Gasteiger charge is 2.17. The molecule has 0 aliphatic rings. The molecule has 5 nitrogen and oxygen atoms in total. The molecule has 0 saturated heterocycles. The summed E-state index contributed by atoms with van der Waals surface area (Å²) < 4.78 is 7.22. The van der Waals surface area contributed by atoms with E-state index in [9.17, 15) is 0 Å². The Kier molecular flexibility index (Phi) is 4.52. The van der Waals surface area contributed by atoms with Gasteiger partial charge in [0.05, 0.1) is 25.0 Å². The zero-order valence-corrected chi connectivity index (χ0v) is 11.4. The summed E-state index contributed by atoms with van der Waals surface area (Å²) in [6.07, 6.45) is 7.11. The van der Waals surface area contributed by atoms with Gasteiger partial charge in [-0.25, -0.2) is 0 Å². The van der Waals surface area contributed by atoms with E-state index in [1.165, 1.54) is 5.56 Å². The van der Waals surface area contributed by atoms with Gasteiger partial charge in [-0.1, -0.05) is 6.07 Å². The third-order valence-electron chi connectivity index (χ3n) is 3.18. The fourth-order valence-electron chi connectivity index (χ4n) is 2.17. The molecule has 0 spiro atoms. The summed E-state index contributed by atoms with van der Waals surface area (Å²) in [5, 5.41) is 4.28. The second kappa shape index (κ2) is 6.33. The summed E-state index contributed by atoms with van der Waals surface area (Å²) in [6.45, 7) is 2.84. The second-order valence-corrected chi connectivity index (χ2v) is 4.42. The molecule has 0 aromatic carbocycles. The maximum Gasteiger partial charge on any atom is 0.161 e. The van der Waals surface area contributed by atoms with Crippen molar-refractivity contribution in [3.05, 3.63) is 42.0 Å². The monoisotopic (exact) mass is 260 g/mol. The van der Waals surface area contributed by atoms with Crippen molar-refractivity contribution in [1.82, 2.24) is 14.8 Å². The lowest BCUT2D eigenvalue weighted by atomic mass is 10.0. The Morgan fingerprint density at radius 1 is 1.42 bits per heavy atom. The highest BCUT2D eigenvalue weighted by molar-refractivity contribution is 5.28. The van der Waals surface area contributed by atoms with E-state index in [2.05, 4.69) is 16.1 Å². The predicted molar refractivity (Wildman–Crippen MR) is 73.9 cm³/mol. The molecule has 0 bridgehead atoms. The fraction of sp³-hybridized carbons (Fsp3) is 0.429. The maximum absolute atomic E-state index is 6.28. The molecule has 0 fully saturated rings. The first-order valence-electron chi connectivity index (χ1n) is 6.50. The number of nitrogens with two attached hydrogens (primary N) is 1. The maximum atomic E-state index is 6.28. The first-order valence-corrected chi connectivity index (χ1v) is 6.50. The van der Waals surface area contributed by atoms with Crippen LogP contribution in [0.3, 0.4) is 0 Å². The lowest BCUT2D eigenvalue weighted by Gasteiger charge is -2.15. The topological polar surface area (TPSA) is 66.0 Å². The molecule has 5 heteroatoms. The van der Waals surface area contributed by atoms with E-state index < -0.39 is 0 Å². The van der Waals surface area contributed by atoms with Gasteiger partial charge in [-0.15, -0.1) is 0 Å². The largest absolute Gasteiger partial charge is 0.493 e. The number of nitrogens with zero attached hydrogens (tertiary/aromatic N) is 3. The molecule has 0 amide bonds. The Labute approximate surface area is 113 Å². The summed E-state index contributed by atoms with van der Waals surface area (Å²) in [4.78, 5) is 4.11. The van der Waals surface area contributed by atoms with Crippen molar-refractivity contribution in [2.75, 3.05) is 7.11 Å². The number of rotatable bonds is 6. The van der Waals surface area contributed by atoms with Gasteiger partial charge in [0.1, 0.15) is 0 Å². The van der Waals surface area contributed by atoms with Crippen LogP contribution in [0.15, 0.2) is 30.7 Å². The highest BCUT2D eigenvalue weighted by atomic mass is 16.5. The predicted octanol–water partition coefficient (Wildman–Crippen LogP) is 1.94. The molecular weight excluding hydrogens is 240 g/mol. The van der Waals surface area contributed by atoms with Crippen LogP contribution in [0.1, 0.15) is 30.6 Å². The minimum atomic E-state index is -0.0855. The van der Waals surface area contributed by atoms with E-state index in [0.717, 1.165) is 30.8 Å². The number of hydrogen-bond acceptors (Lipinski definition) is 4. The van der Waals surface area contributed by atoms with Crippen LogP contribution in [0.5, 0.6) is 5.75 Å². The standard InChI is InChI=1S/C14H20N4O/c1-3-18-14(13(19-2)10-17-18)12(15)7-6-11-5-4-8-16-9-11/h4-5,8-10,12H,3,6-7,15H2,1-2H3. The second-order valence-electron chi connectivity index (χ2n) is 4.42. The van der Waals surface area contributed by atoms with Gasteiger partial charge in [0.25, 0.3) is 0 Å². The SMILES string of the molecule is CCn1ncc(OC)c1C(N)CCc1cccnc1. The number of methoxy groups -OCH3 is 1. The van der Waals surface area contributed by atoms with Crippen molar-refractivity contribution < 1.29 is 4.74 Å². The number of pyridine rings is 1. The van der Waals surface area contributed by atoms with Gasteiger partial charge in [0.15, 0.2) is 5.75 Å². The van der Waals surface area contributed by atoms with Crippen molar-refractivity contribution >= 4 is 0 Å². The summed E-state index contributed by atoms with van der Waals surface area (Å²) in [6, 6.07) is 3.92. The van der Waals surface area contributed by atoms with Gasteiger partial charge in [-0.3, -0.25) is 9.67 Å². The third-order valence-corrected chi connectivity index (χ3v) is 3.18. The summed E-state index contributed by atoms with van der Waals surface area (Å²) in [5.74, 6) is 0.764. The van der Waals surface area contributed by atoms with Crippen molar-refractivity contribution in [2.24, 2.45) is 5.73 Å². The Balaban J connectivity index is 2.07. The van der Waals surface area contributed by atoms with Crippen LogP contribution < -0.4 is 10.5 Å². The van der Waals surface area contributed by atoms with Crippen molar-refractivity contribution in [1.29, 1.82) is 0 Å². The smallest absolute Gasteiger partial charge is 0.161 e. The number of aromatic nitrogens is 3. The molecule has 102 valence electrons. The average molecular weight is 260 g/mol. The minimum Gasteiger partial charge on any atom is -0.493 e. The molecule has 0 aliphatic heterocycles. The lowest BCUT2D eigenvalue weighted by molar-refractivity contribution is 0.399. The van der Waals surface area contributed by atoms with Crippen LogP contribution in [0.4, 0.5) is 0 Å². The van der Waals surface area contributed by atoms with Gasteiger partial charge in [-0.2, -0.15) is 5.10 Å². The summed E-state index contributed by atoms with van der Waals surface area (Å²) in [5.41, 5.74) is 8.44. The van der Waals surface area contributed by atoms with E-state index >= 15 is 0 Å². The number of aryl methyl sites for hydroxylation is 2. The van der Waals surface area contributed by atoms with Gasteiger partial charge >= 0.3 is 0 Å². The molecule has 1 atom stereocenters. The van der Waals surface area contributed by atoms with Crippen LogP contribution in [0.25, 0.3) is 0 Å². The molecule has 1 unspecified atom stereocenters. The molecule has 2 aromatic rings. The van der Waals surface area contributed by atoms with Gasteiger partial charge in [0.2, 0.25) is 0 Å². The molecule has 2 rings (SSSR count). The Bertz CT molecular complexity index is 488. The molecule has 19 heavy (non-hydrogen) atoms. The van der Waals surface area contributed by atoms with E-state index in [0.29, 0.717) is 0 Å². The number of hydrogen-bond donors (Lipinski definition) is 1. The van der Waals surface area contributed by atoms with Crippen LogP contribution in [0.2, 0.25) is 0 Å². The van der Waals surface area contributed by atoms with E-state index in [4.69, 9.17) is 10.5 Å². The first kappa shape index (κ1) is 13.5. The molecule has 0 aliphatic carbocycles. The van der Waals surface area contributed by atoms with E-state index in [-0.39, 0.29) is 6.04 Å². The lowest BCUT2D eigenvalue weighted by Crippen LogP contribution is -2.17. The molecule has 0 radical (unpaired) electrons. The van der Waals surface area contributed by atoms with Crippen molar-refractivity contribution in [3.63, 3.8) is 0 Å². The van der Waals surface area contributed by atoms with Gasteiger partial charge in [-0.05, 0) is 31.4 Å².